The van der Waals surface area contributed by atoms with Crippen molar-refractivity contribution in [2.75, 3.05) is 33.2 Å². The van der Waals surface area contributed by atoms with Crippen molar-refractivity contribution in [2.24, 2.45) is 15.9 Å². The summed E-state index contributed by atoms with van der Waals surface area (Å²) in [4.78, 5) is 24.9. The second-order valence-corrected chi connectivity index (χ2v) is 6.26. The zero-order valence-corrected chi connectivity index (χ0v) is 14.2. The number of nitrogens with zero attached hydrogens (tertiary/aromatic N) is 4. The molecule has 0 radical (unpaired) electrons. The number of piperazine rings is 1. The van der Waals surface area contributed by atoms with Gasteiger partial charge >= 0.3 is 0 Å². The van der Waals surface area contributed by atoms with Gasteiger partial charge in [-0.25, -0.2) is 9.38 Å². The number of halogens is 1. The van der Waals surface area contributed by atoms with Crippen LogP contribution in [0.4, 0.5) is 4.39 Å². The number of aliphatic imine (C=N–C) groups is 2. The van der Waals surface area contributed by atoms with Gasteiger partial charge in [0.1, 0.15) is 5.82 Å². The molecule has 2 aliphatic rings. The van der Waals surface area contributed by atoms with Crippen LogP contribution >= 0.6 is 0 Å². The van der Waals surface area contributed by atoms with Gasteiger partial charge in [0, 0.05) is 39.1 Å². The summed E-state index contributed by atoms with van der Waals surface area (Å²) in [6, 6.07) is 6.46. The summed E-state index contributed by atoms with van der Waals surface area (Å²) >= 11 is 0. The predicted molar refractivity (Wildman–Crippen MR) is 96.1 cm³/mol. The highest BCUT2D eigenvalue weighted by Crippen LogP contribution is 2.48. The van der Waals surface area contributed by atoms with E-state index in [0.29, 0.717) is 32.1 Å². The van der Waals surface area contributed by atoms with Crippen LogP contribution in [-0.2, 0) is 4.79 Å². The lowest BCUT2D eigenvalue weighted by molar-refractivity contribution is -0.133. The van der Waals surface area contributed by atoms with Gasteiger partial charge in [-0.15, -0.1) is 6.42 Å². The van der Waals surface area contributed by atoms with Gasteiger partial charge < -0.3 is 9.80 Å². The van der Waals surface area contributed by atoms with Crippen molar-refractivity contribution < 1.29 is 9.18 Å². The molecule has 0 aromatic heterocycles. The lowest BCUT2D eigenvalue weighted by Gasteiger charge is -2.35. The van der Waals surface area contributed by atoms with Crippen molar-refractivity contribution >= 4 is 18.1 Å². The van der Waals surface area contributed by atoms with Crippen molar-refractivity contribution in [2.45, 2.75) is 12.3 Å². The van der Waals surface area contributed by atoms with Crippen molar-refractivity contribution in [3.8, 4) is 12.3 Å². The highest BCUT2D eigenvalue weighted by atomic mass is 19.1. The summed E-state index contributed by atoms with van der Waals surface area (Å²) < 4.78 is 13.0. The van der Waals surface area contributed by atoms with Gasteiger partial charge in [-0.05, 0) is 30.0 Å². The molecule has 25 heavy (non-hydrogen) atoms. The molecular formula is C19H21FN4O. The van der Waals surface area contributed by atoms with E-state index in [9.17, 15) is 9.18 Å². The summed E-state index contributed by atoms with van der Waals surface area (Å²) in [5, 5.41) is 0. The minimum Gasteiger partial charge on any atom is -0.339 e. The molecule has 2 atom stereocenters. The van der Waals surface area contributed by atoms with Gasteiger partial charge in [-0.2, -0.15) is 0 Å². The first kappa shape index (κ1) is 17.2. The Morgan fingerprint density at radius 3 is 2.48 bits per heavy atom. The first-order valence-electron chi connectivity index (χ1n) is 8.38. The molecule has 1 aromatic carbocycles. The molecule has 1 heterocycles. The quantitative estimate of drug-likeness (QED) is 0.468. The van der Waals surface area contributed by atoms with Crippen LogP contribution in [0.2, 0.25) is 0 Å². The Bertz CT molecular complexity index is 727. The van der Waals surface area contributed by atoms with E-state index in [2.05, 4.69) is 15.9 Å². The number of carbonyl (C=O) groups is 1. The Labute approximate surface area is 147 Å². The third kappa shape index (κ3) is 3.87. The Hall–Kier alpha value is -2.68. The van der Waals surface area contributed by atoms with Gasteiger partial charge in [-0.3, -0.25) is 9.79 Å². The molecule has 0 bridgehead atoms. The molecule has 2 fully saturated rings. The standard InChI is InChI=1S/C19H21FN4O/c1-3-8-22-19(21-2)24-11-9-23(10-12-24)18(25)17-13-16(17)14-4-6-15(20)7-5-14/h1,4-8,16-17H,9-13H2,2H3/t16-,17-/m0/s1. The zero-order chi connectivity index (χ0) is 17.8. The smallest absolute Gasteiger partial charge is 0.226 e. The van der Waals surface area contributed by atoms with Crippen LogP contribution in [0.25, 0.3) is 0 Å². The van der Waals surface area contributed by atoms with Crippen molar-refractivity contribution in [1.29, 1.82) is 0 Å². The maximum absolute atomic E-state index is 13.0. The largest absolute Gasteiger partial charge is 0.339 e. The molecule has 5 nitrogen and oxygen atoms in total. The minimum absolute atomic E-state index is 0.0239. The van der Waals surface area contributed by atoms with Crippen LogP contribution in [0.15, 0.2) is 34.3 Å². The molecule has 1 saturated carbocycles. The third-order valence-corrected chi connectivity index (χ3v) is 4.73. The highest BCUT2D eigenvalue weighted by molar-refractivity contribution is 5.93. The van der Waals surface area contributed by atoms with E-state index in [1.807, 2.05) is 9.80 Å². The van der Waals surface area contributed by atoms with E-state index < -0.39 is 0 Å². The van der Waals surface area contributed by atoms with E-state index in [-0.39, 0.29) is 23.6 Å². The molecular weight excluding hydrogens is 319 g/mol. The average Bonchev–Trinajstić information content (AvgIpc) is 3.43. The van der Waals surface area contributed by atoms with Crippen LogP contribution in [0, 0.1) is 24.1 Å². The Balaban J connectivity index is 1.54. The monoisotopic (exact) mass is 340 g/mol. The second-order valence-electron chi connectivity index (χ2n) is 6.26. The fraction of sp³-hybridized carbons (Fsp3) is 0.421. The summed E-state index contributed by atoms with van der Waals surface area (Å²) in [5.41, 5.74) is 1.04. The number of guanidine groups is 1. The predicted octanol–water partition coefficient (Wildman–Crippen LogP) is 1.76. The third-order valence-electron chi connectivity index (χ3n) is 4.73. The van der Waals surface area contributed by atoms with E-state index in [1.165, 1.54) is 18.3 Å². The number of amides is 1. The fourth-order valence-electron chi connectivity index (χ4n) is 3.28. The van der Waals surface area contributed by atoms with Gasteiger partial charge in [0.2, 0.25) is 11.9 Å². The maximum atomic E-state index is 13.0. The molecule has 1 amide bonds. The number of hydrogen-bond acceptors (Lipinski definition) is 2. The van der Waals surface area contributed by atoms with Crippen LogP contribution in [0.5, 0.6) is 0 Å². The fourth-order valence-corrected chi connectivity index (χ4v) is 3.28. The van der Waals surface area contributed by atoms with Crippen LogP contribution in [-0.4, -0.2) is 61.1 Å². The van der Waals surface area contributed by atoms with Gasteiger partial charge in [0.15, 0.2) is 0 Å². The van der Waals surface area contributed by atoms with Crippen LogP contribution < -0.4 is 0 Å². The normalized spacial score (nSPS) is 23.6. The number of carbonyl (C=O) groups excluding carboxylic acids is 1. The van der Waals surface area contributed by atoms with Gasteiger partial charge in [0.05, 0.1) is 6.21 Å². The molecule has 0 N–H and O–H groups in total. The van der Waals surface area contributed by atoms with Crippen LogP contribution in [0.1, 0.15) is 17.9 Å². The Morgan fingerprint density at radius 1 is 1.24 bits per heavy atom. The number of rotatable bonds is 2. The minimum atomic E-state index is -0.246. The maximum Gasteiger partial charge on any atom is 0.226 e. The molecule has 0 unspecified atom stereocenters. The molecule has 6 heteroatoms. The summed E-state index contributed by atoms with van der Waals surface area (Å²) in [7, 11) is 1.68. The summed E-state index contributed by atoms with van der Waals surface area (Å²) in [6.07, 6.45) is 7.42. The first-order chi connectivity index (χ1) is 12.1. The van der Waals surface area contributed by atoms with E-state index >= 15 is 0 Å². The lowest BCUT2D eigenvalue weighted by atomic mass is 10.1. The topological polar surface area (TPSA) is 48.3 Å². The molecule has 1 saturated heterocycles. The first-order valence-corrected chi connectivity index (χ1v) is 8.38. The Kier molecular flexibility index (Phi) is 5.13. The van der Waals surface area contributed by atoms with Crippen molar-refractivity contribution in [3.05, 3.63) is 35.6 Å². The number of hydrogen-bond donors (Lipinski definition) is 0. The molecule has 1 aliphatic carbocycles. The van der Waals surface area contributed by atoms with Gasteiger partial charge in [0.25, 0.3) is 0 Å². The van der Waals surface area contributed by atoms with Crippen LogP contribution in [0.3, 0.4) is 0 Å². The molecule has 1 aromatic rings. The van der Waals surface area contributed by atoms with E-state index in [0.717, 1.165) is 12.0 Å². The van der Waals surface area contributed by atoms with E-state index in [4.69, 9.17) is 6.42 Å². The summed E-state index contributed by atoms with van der Waals surface area (Å²) in [5.74, 6) is 3.15. The Morgan fingerprint density at radius 2 is 1.88 bits per heavy atom. The molecule has 130 valence electrons. The molecule has 0 spiro atoms. The zero-order valence-electron chi connectivity index (χ0n) is 14.2. The number of benzene rings is 1. The lowest BCUT2D eigenvalue weighted by Crippen LogP contribution is -2.50. The molecule has 1 aliphatic heterocycles. The average molecular weight is 340 g/mol. The summed E-state index contributed by atoms with van der Waals surface area (Å²) in [6.45, 7) is 2.68. The highest BCUT2D eigenvalue weighted by Gasteiger charge is 2.46. The van der Waals surface area contributed by atoms with Crippen molar-refractivity contribution in [1.82, 2.24) is 9.80 Å². The second kappa shape index (κ2) is 7.47. The van der Waals surface area contributed by atoms with E-state index in [1.54, 1.807) is 19.2 Å². The van der Waals surface area contributed by atoms with Gasteiger partial charge in [-0.1, -0.05) is 18.1 Å². The van der Waals surface area contributed by atoms with Crippen molar-refractivity contribution in [3.63, 3.8) is 0 Å². The number of terminal acetylenes is 1. The molecule has 3 rings (SSSR count). The SMILES string of the molecule is C#CC=NC(=NC)N1CCN(C(=O)[C@H]2C[C@H]2c2ccc(F)cc2)CC1.